The van der Waals surface area contributed by atoms with Crippen LogP contribution in [0.2, 0.25) is 0 Å². The monoisotopic (exact) mass is 189 g/mol. The van der Waals surface area contributed by atoms with E-state index in [1.807, 2.05) is 13.0 Å². The SMILES string of the molecule is Cc1cc(N)c2oc(C)c(C)c2c1C. The van der Waals surface area contributed by atoms with Gasteiger partial charge in [-0.05, 0) is 50.5 Å². The Morgan fingerprint density at radius 1 is 1.07 bits per heavy atom. The van der Waals surface area contributed by atoms with Gasteiger partial charge in [0.1, 0.15) is 5.76 Å². The molecule has 0 fully saturated rings. The summed E-state index contributed by atoms with van der Waals surface area (Å²) in [6.07, 6.45) is 0. The summed E-state index contributed by atoms with van der Waals surface area (Å²) in [5.74, 6) is 0.959. The van der Waals surface area contributed by atoms with Crippen molar-refractivity contribution in [3.63, 3.8) is 0 Å². The van der Waals surface area contributed by atoms with Gasteiger partial charge in [0.25, 0.3) is 0 Å². The second kappa shape index (κ2) is 2.77. The number of fused-ring (bicyclic) bond motifs is 1. The standard InChI is InChI=1S/C12H15NO/c1-6-5-10(13)12-11(7(6)2)8(3)9(4)14-12/h5H,13H2,1-4H3. The number of hydrogen-bond acceptors (Lipinski definition) is 2. The smallest absolute Gasteiger partial charge is 0.157 e. The van der Waals surface area contributed by atoms with Gasteiger partial charge in [-0.2, -0.15) is 0 Å². The predicted molar refractivity (Wildman–Crippen MR) is 59.6 cm³/mol. The van der Waals surface area contributed by atoms with Crippen LogP contribution >= 0.6 is 0 Å². The molecule has 0 radical (unpaired) electrons. The highest BCUT2D eigenvalue weighted by Gasteiger charge is 2.13. The van der Waals surface area contributed by atoms with Crippen molar-refractivity contribution in [2.45, 2.75) is 27.7 Å². The molecule has 2 rings (SSSR count). The largest absolute Gasteiger partial charge is 0.459 e. The number of anilines is 1. The second-order valence-corrected chi connectivity index (χ2v) is 3.90. The first kappa shape index (κ1) is 9.13. The summed E-state index contributed by atoms with van der Waals surface area (Å²) in [6.45, 7) is 8.24. The van der Waals surface area contributed by atoms with E-state index in [0.29, 0.717) is 0 Å². The van der Waals surface area contributed by atoms with Gasteiger partial charge in [0.15, 0.2) is 5.58 Å². The van der Waals surface area contributed by atoms with Crippen molar-refractivity contribution in [2.75, 3.05) is 5.73 Å². The lowest BCUT2D eigenvalue weighted by molar-refractivity contribution is 0.576. The zero-order chi connectivity index (χ0) is 10.5. The minimum absolute atomic E-state index is 0.735. The van der Waals surface area contributed by atoms with Gasteiger partial charge in [-0.1, -0.05) is 0 Å². The lowest BCUT2D eigenvalue weighted by Gasteiger charge is -2.04. The number of rotatable bonds is 0. The Bertz CT molecular complexity index is 509. The van der Waals surface area contributed by atoms with Crippen molar-refractivity contribution in [1.29, 1.82) is 0 Å². The summed E-state index contributed by atoms with van der Waals surface area (Å²) >= 11 is 0. The molecular weight excluding hydrogens is 174 g/mol. The van der Waals surface area contributed by atoms with Crippen molar-refractivity contribution in [2.24, 2.45) is 0 Å². The maximum Gasteiger partial charge on any atom is 0.157 e. The number of hydrogen-bond donors (Lipinski definition) is 1. The van der Waals surface area contributed by atoms with Gasteiger partial charge < -0.3 is 10.2 Å². The van der Waals surface area contributed by atoms with Crippen molar-refractivity contribution in [3.05, 3.63) is 28.5 Å². The molecule has 2 heteroatoms. The van der Waals surface area contributed by atoms with E-state index in [4.69, 9.17) is 10.2 Å². The molecular formula is C12H15NO. The van der Waals surface area contributed by atoms with Crippen molar-refractivity contribution < 1.29 is 4.42 Å². The van der Waals surface area contributed by atoms with Crippen LogP contribution in [0.1, 0.15) is 22.5 Å². The summed E-state index contributed by atoms with van der Waals surface area (Å²) in [5, 5.41) is 1.18. The summed E-state index contributed by atoms with van der Waals surface area (Å²) in [6, 6.07) is 1.97. The van der Waals surface area contributed by atoms with E-state index in [1.54, 1.807) is 0 Å². The van der Waals surface area contributed by atoms with Crippen LogP contribution in [-0.2, 0) is 0 Å². The summed E-state index contributed by atoms with van der Waals surface area (Å²) < 4.78 is 5.64. The van der Waals surface area contributed by atoms with E-state index in [0.717, 1.165) is 17.0 Å². The highest BCUT2D eigenvalue weighted by atomic mass is 16.3. The van der Waals surface area contributed by atoms with Gasteiger partial charge >= 0.3 is 0 Å². The minimum Gasteiger partial charge on any atom is -0.459 e. The average molecular weight is 189 g/mol. The molecule has 0 aliphatic carbocycles. The molecule has 2 N–H and O–H groups in total. The van der Waals surface area contributed by atoms with Crippen LogP contribution in [0.3, 0.4) is 0 Å². The Labute approximate surface area is 83.7 Å². The fourth-order valence-corrected chi connectivity index (χ4v) is 1.89. The van der Waals surface area contributed by atoms with Gasteiger partial charge in [-0.15, -0.1) is 0 Å². The molecule has 0 atom stereocenters. The molecule has 0 saturated carbocycles. The summed E-state index contributed by atoms with van der Waals surface area (Å²) in [4.78, 5) is 0. The molecule has 0 saturated heterocycles. The number of benzene rings is 1. The molecule has 1 aromatic carbocycles. The van der Waals surface area contributed by atoms with Crippen LogP contribution < -0.4 is 5.73 Å². The van der Waals surface area contributed by atoms with E-state index in [2.05, 4.69) is 20.8 Å². The molecule has 0 bridgehead atoms. The normalized spacial score (nSPS) is 11.1. The Morgan fingerprint density at radius 2 is 1.71 bits per heavy atom. The zero-order valence-corrected chi connectivity index (χ0v) is 9.06. The maximum absolute atomic E-state index is 5.91. The number of nitrogens with two attached hydrogens (primary N) is 1. The van der Waals surface area contributed by atoms with Crippen LogP contribution in [0.5, 0.6) is 0 Å². The molecule has 1 aromatic heterocycles. The Kier molecular flexibility index (Phi) is 1.81. The van der Waals surface area contributed by atoms with Crippen LogP contribution in [-0.4, -0.2) is 0 Å². The van der Waals surface area contributed by atoms with Gasteiger partial charge in [-0.3, -0.25) is 0 Å². The molecule has 74 valence electrons. The first-order valence-corrected chi connectivity index (χ1v) is 4.77. The fraction of sp³-hybridized carbons (Fsp3) is 0.333. The average Bonchev–Trinajstić information content (AvgIpc) is 2.41. The quantitative estimate of drug-likeness (QED) is 0.646. The third kappa shape index (κ3) is 1.03. The molecule has 0 aliphatic rings. The molecule has 0 aliphatic heterocycles. The fourth-order valence-electron chi connectivity index (χ4n) is 1.89. The minimum atomic E-state index is 0.735. The van der Waals surface area contributed by atoms with Crippen LogP contribution in [0.4, 0.5) is 5.69 Å². The third-order valence-electron chi connectivity index (χ3n) is 2.99. The predicted octanol–water partition coefficient (Wildman–Crippen LogP) is 3.25. The van der Waals surface area contributed by atoms with Crippen LogP contribution in [0, 0.1) is 27.7 Å². The number of aryl methyl sites for hydroxylation is 4. The number of furan rings is 1. The van der Waals surface area contributed by atoms with E-state index in [-0.39, 0.29) is 0 Å². The molecule has 14 heavy (non-hydrogen) atoms. The van der Waals surface area contributed by atoms with Crippen LogP contribution in [0.15, 0.2) is 10.5 Å². The lowest BCUT2D eigenvalue weighted by Crippen LogP contribution is -1.90. The first-order valence-electron chi connectivity index (χ1n) is 4.77. The highest BCUT2D eigenvalue weighted by Crippen LogP contribution is 2.33. The van der Waals surface area contributed by atoms with E-state index in [1.165, 1.54) is 22.1 Å². The molecule has 2 nitrogen and oxygen atoms in total. The molecule has 1 heterocycles. The number of nitrogen functional groups attached to an aromatic ring is 1. The second-order valence-electron chi connectivity index (χ2n) is 3.90. The lowest BCUT2D eigenvalue weighted by atomic mass is 10.0. The van der Waals surface area contributed by atoms with E-state index >= 15 is 0 Å². The van der Waals surface area contributed by atoms with Gasteiger partial charge in [0.05, 0.1) is 5.69 Å². The van der Waals surface area contributed by atoms with Gasteiger partial charge in [0.2, 0.25) is 0 Å². The molecule has 0 amide bonds. The van der Waals surface area contributed by atoms with Crippen molar-refractivity contribution in [3.8, 4) is 0 Å². The van der Waals surface area contributed by atoms with Gasteiger partial charge in [0, 0.05) is 5.39 Å². The molecule has 0 unspecified atom stereocenters. The van der Waals surface area contributed by atoms with Gasteiger partial charge in [-0.25, -0.2) is 0 Å². The van der Waals surface area contributed by atoms with E-state index in [9.17, 15) is 0 Å². The summed E-state index contributed by atoms with van der Waals surface area (Å²) in [7, 11) is 0. The summed E-state index contributed by atoms with van der Waals surface area (Å²) in [5.41, 5.74) is 11.2. The molecule has 2 aromatic rings. The third-order valence-corrected chi connectivity index (χ3v) is 2.99. The highest BCUT2D eigenvalue weighted by molar-refractivity contribution is 5.94. The Balaban J connectivity index is 3.03. The molecule has 0 spiro atoms. The Morgan fingerprint density at radius 3 is 2.36 bits per heavy atom. The van der Waals surface area contributed by atoms with Crippen molar-refractivity contribution >= 4 is 16.7 Å². The Hall–Kier alpha value is -1.44. The maximum atomic E-state index is 5.91. The van der Waals surface area contributed by atoms with Crippen molar-refractivity contribution in [1.82, 2.24) is 0 Å². The van der Waals surface area contributed by atoms with Crippen LogP contribution in [0.25, 0.3) is 11.0 Å². The van der Waals surface area contributed by atoms with E-state index < -0.39 is 0 Å². The zero-order valence-electron chi connectivity index (χ0n) is 9.06. The first-order chi connectivity index (χ1) is 6.52. The topological polar surface area (TPSA) is 39.2 Å².